The van der Waals surface area contributed by atoms with Crippen molar-refractivity contribution in [3.63, 3.8) is 0 Å². The normalized spacial score (nSPS) is 10.3. The van der Waals surface area contributed by atoms with Crippen LogP contribution in [0.4, 0.5) is 10.1 Å². The second-order valence-corrected chi connectivity index (χ2v) is 4.65. The van der Waals surface area contributed by atoms with Crippen molar-refractivity contribution in [2.75, 3.05) is 5.32 Å². The molecule has 17 heavy (non-hydrogen) atoms. The molecule has 0 bridgehead atoms. The predicted octanol–water partition coefficient (Wildman–Crippen LogP) is 3.90. The Morgan fingerprint density at radius 1 is 1.35 bits per heavy atom. The first-order valence-electron chi connectivity index (χ1n) is 5.25. The number of halogens is 2. The van der Waals surface area contributed by atoms with Gasteiger partial charge in [-0.1, -0.05) is 6.07 Å². The fraction of sp³-hybridized carbons (Fsp3) is 0.154. The Kier molecular flexibility index (Phi) is 3.74. The number of anilines is 1. The number of hydrogen-bond donors (Lipinski definition) is 1. The van der Waals surface area contributed by atoms with E-state index in [-0.39, 0.29) is 5.82 Å². The molecule has 1 heterocycles. The third-order valence-corrected chi connectivity index (χ3v) is 3.11. The molecule has 2 aromatic rings. The molecule has 0 unspecified atom stereocenters. The van der Waals surface area contributed by atoms with Crippen LogP contribution in [0.2, 0.25) is 0 Å². The minimum atomic E-state index is -0.244. The Morgan fingerprint density at radius 3 is 2.88 bits per heavy atom. The van der Waals surface area contributed by atoms with Crippen molar-refractivity contribution < 1.29 is 4.39 Å². The molecular formula is C13H12BrFN2. The molecule has 1 aromatic carbocycles. The molecule has 0 saturated carbocycles. The second-order valence-electron chi connectivity index (χ2n) is 3.79. The maximum atomic E-state index is 13.0. The number of nitrogens with one attached hydrogen (secondary N) is 1. The Bertz CT molecular complexity index is 529. The second kappa shape index (κ2) is 5.27. The van der Waals surface area contributed by atoms with Gasteiger partial charge in [-0.3, -0.25) is 4.98 Å². The first-order valence-corrected chi connectivity index (χ1v) is 6.04. The molecule has 1 N–H and O–H groups in total. The molecule has 4 heteroatoms. The molecule has 0 fully saturated rings. The molecule has 2 nitrogen and oxygen atoms in total. The molecule has 0 amide bonds. The monoisotopic (exact) mass is 294 g/mol. The van der Waals surface area contributed by atoms with Gasteiger partial charge in [0.25, 0.3) is 0 Å². The summed E-state index contributed by atoms with van der Waals surface area (Å²) in [6, 6.07) is 6.94. The molecule has 1 aromatic heterocycles. The van der Waals surface area contributed by atoms with E-state index in [1.54, 1.807) is 24.5 Å². The van der Waals surface area contributed by atoms with Crippen LogP contribution in [0.1, 0.15) is 11.1 Å². The van der Waals surface area contributed by atoms with Crippen LogP contribution in [0.5, 0.6) is 0 Å². The molecule has 0 saturated heterocycles. The van der Waals surface area contributed by atoms with Crippen LogP contribution in [0.15, 0.2) is 41.1 Å². The quantitative estimate of drug-likeness (QED) is 0.928. The van der Waals surface area contributed by atoms with Gasteiger partial charge in [-0.25, -0.2) is 4.39 Å². The maximum Gasteiger partial charge on any atom is 0.137 e. The average molecular weight is 295 g/mol. The molecule has 88 valence electrons. The Hall–Kier alpha value is -1.42. The highest BCUT2D eigenvalue weighted by atomic mass is 79.9. The summed E-state index contributed by atoms with van der Waals surface area (Å²) in [7, 11) is 0. The van der Waals surface area contributed by atoms with Crippen molar-refractivity contribution in [3.05, 3.63) is 58.1 Å². The number of benzene rings is 1. The average Bonchev–Trinajstić information content (AvgIpc) is 2.32. The van der Waals surface area contributed by atoms with Gasteiger partial charge < -0.3 is 5.32 Å². The van der Waals surface area contributed by atoms with Crippen molar-refractivity contribution in [2.24, 2.45) is 0 Å². The van der Waals surface area contributed by atoms with E-state index in [9.17, 15) is 4.39 Å². The molecule has 0 spiro atoms. The summed E-state index contributed by atoms with van der Waals surface area (Å²) in [4.78, 5) is 4.06. The van der Waals surface area contributed by atoms with Crippen molar-refractivity contribution in [2.45, 2.75) is 13.5 Å². The molecular weight excluding hydrogens is 283 g/mol. The fourth-order valence-corrected chi connectivity index (χ4v) is 1.92. The van der Waals surface area contributed by atoms with Crippen LogP contribution >= 0.6 is 15.9 Å². The number of aryl methyl sites for hydroxylation is 1. The smallest absolute Gasteiger partial charge is 0.137 e. The third-order valence-electron chi connectivity index (χ3n) is 2.51. The molecule has 0 aliphatic rings. The van der Waals surface area contributed by atoms with Crippen LogP contribution in [0.25, 0.3) is 0 Å². The molecule has 0 aliphatic carbocycles. The summed E-state index contributed by atoms with van der Waals surface area (Å²) >= 11 is 3.17. The molecule has 0 radical (unpaired) electrons. The summed E-state index contributed by atoms with van der Waals surface area (Å²) in [5.41, 5.74) is 3.15. The van der Waals surface area contributed by atoms with Crippen LogP contribution < -0.4 is 5.32 Å². The van der Waals surface area contributed by atoms with Gasteiger partial charge in [-0.05, 0) is 52.2 Å². The van der Waals surface area contributed by atoms with E-state index >= 15 is 0 Å². The van der Waals surface area contributed by atoms with Crippen molar-refractivity contribution in [1.82, 2.24) is 4.98 Å². The van der Waals surface area contributed by atoms with Crippen molar-refractivity contribution in [3.8, 4) is 0 Å². The Labute approximate surface area is 108 Å². The van der Waals surface area contributed by atoms with Gasteiger partial charge in [0.15, 0.2) is 0 Å². The maximum absolute atomic E-state index is 13.0. The minimum absolute atomic E-state index is 0.244. The first kappa shape index (κ1) is 12.0. The van der Waals surface area contributed by atoms with Gasteiger partial charge in [0, 0.05) is 12.7 Å². The first-order chi connectivity index (χ1) is 8.16. The lowest BCUT2D eigenvalue weighted by Crippen LogP contribution is -2.01. The van der Waals surface area contributed by atoms with Gasteiger partial charge >= 0.3 is 0 Å². The van der Waals surface area contributed by atoms with Crippen LogP contribution in [-0.4, -0.2) is 4.98 Å². The van der Waals surface area contributed by atoms with Crippen LogP contribution in [0.3, 0.4) is 0 Å². The Morgan fingerprint density at radius 2 is 2.18 bits per heavy atom. The SMILES string of the molecule is Cc1ccncc1NCc1ccc(F)c(Br)c1. The minimum Gasteiger partial charge on any atom is -0.380 e. The zero-order valence-electron chi connectivity index (χ0n) is 9.37. The number of rotatable bonds is 3. The summed E-state index contributed by atoms with van der Waals surface area (Å²) in [5, 5.41) is 3.27. The van der Waals surface area contributed by atoms with E-state index in [0.29, 0.717) is 11.0 Å². The molecule has 2 rings (SSSR count). The highest BCUT2D eigenvalue weighted by Gasteiger charge is 2.01. The number of nitrogens with zero attached hydrogens (tertiary/aromatic N) is 1. The van der Waals surface area contributed by atoms with Crippen molar-refractivity contribution >= 4 is 21.6 Å². The van der Waals surface area contributed by atoms with E-state index < -0.39 is 0 Å². The summed E-state index contributed by atoms with van der Waals surface area (Å²) in [6.07, 6.45) is 3.54. The lowest BCUT2D eigenvalue weighted by atomic mass is 10.2. The van der Waals surface area contributed by atoms with E-state index in [0.717, 1.165) is 16.8 Å². The Balaban J connectivity index is 2.08. The van der Waals surface area contributed by atoms with Crippen LogP contribution in [-0.2, 0) is 6.54 Å². The van der Waals surface area contributed by atoms with E-state index in [1.165, 1.54) is 6.07 Å². The number of pyridine rings is 1. The van der Waals surface area contributed by atoms with Gasteiger partial charge in [0.1, 0.15) is 5.82 Å². The van der Waals surface area contributed by atoms with Gasteiger partial charge in [-0.2, -0.15) is 0 Å². The highest BCUT2D eigenvalue weighted by molar-refractivity contribution is 9.10. The van der Waals surface area contributed by atoms with Crippen molar-refractivity contribution in [1.29, 1.82) is 0 Å². The van der Waals surface area contributed by atoms with E-state index in [1.807, 2.05) is 13.0 Å². The predicted molar refractivity (Wildman–Crippen MR) is 70.4 cm³/mol. The van der Waals surface area contributed by atoms with E-state index in [4.69, 9.17) is 0 Å². The standard InChI is InChI=1S/C13H12BrFN2/c1-9-4-5-16-8-13(9)17-7-10-2-3-12(15)11(14)6-10/h2-6,8,17H,7H2,1H3. The molecule has 0 atom stereocenters. The highest BCUT2D eigenvalue weighted by Crippen LogP contribution is 2.18. The van der Waals surface area contributed by atoms with Gasteiger partial charge in [0.05, 0.1) is 16.4 Å². The number of aromatic nitrogens is 1. The summed E-state index contributed by atoms with van der Waals surface area (Å²) < 4.78 is 13.5. The summed E-state index contributed by atoms with van der Waals surface area (Å²) in [5.74, 6) is -0.244. The molecule has 0 aliphatic heterocycles. The van der Waals surface area contributed by atoms with Gasteiger partial charge in [0.2, 0.25) is 0 Å². The van der Waals surface area contributed by atoms with E-state index in [2.05, 4.69) is 26.2 Å². The zero-order valence-corrected chi connectivity index (χ0v) is 11.0. The third kappa shape index (κ3) is 3.03. The zero-order chi connectivity index (χ0) is 12.3. The lowest BCUT2D eigenvalue weighted by Gasteiger charge is -2.09. The van der Waals surface area contributed by atoms with Gasteiger partial charge in [-0.15, -0.1) is 0 Å². The topological polar surface area (TPSA) is 24.9 Å². The summed E-state index contributed by atoms with van der Waals surface area (Å²) in [6.45, 7) is 2.66. The number of hydrogen-bond acceptors (Lipinski definition) is 2. The van der Waals surface area contributed by atoms with Crippen LogP contribution in [0, 0.1) is 12.7 Å². The fourth-order valence-electron chi connectivity index (χ4n) is 1.50. The largest absolute Gasteiger partial charge is 0.380 e. The lowest BCUT2D eigenvalue weighted by molar-refractivity contribution is 0.620.